The highest BCUT2D eigenvalue weighted by atomic mass is 35.5. The van der Waals surface area contributed by atoms with Gasteiger partial charge in [-0.05, 0) is 48.6 Å². The molecule has 1 saturated carbocycles. The van der Waals surface area contributed by atoms with E-state index >= 15 is 4.79 Å². The minimum atomic E-state index is -4.80. The van der Waals surface area contributed by atoms with Gasteiger partial charge < -0.3 is 14.6 Å². The number of non-ortho nitro benzene ring substituents is 1. The highest BCUT2D eigenvalue weighted by Crippen LogP contribution is 2.66. The number of phenols is 1. The highest BCUT2D eigenvalue weighted by Gasteiger charge is 2.71. The summed E-state index contributed by atoms with van der Waals surface area (Å²) in [6.07, 6.45) is -2.79. The number of halogens is 5. The molecule has 3 aromatic carbocycles. The van der Waals surface area contributed by atoms with Crippen LogP contribution in [0.4, 0.5) is 30.4 Å². The Kier molecular flexibility index (Phi) is 9.58. The number of nitro groups is 1. The number of hydrazine groups is 1. The Morgan fingerprint density at radius 3 is 2.24 bits per heavy atom. The van der Waals surface area contributed by atoms with Gasteiger partial charge in [-0.15, -0.1) is 0 Å². The molecule has 6 atom stereocenters. The van der Waals surface area contributed by atoms with Crippen molar-refractivity contribution in [2.45, 2.75) is 30.4 Å². The molecular weight excluding hydrogens is 822 g/mol. The topological polar surface area (TPSA) is 182 Å². The van der Waals surface area contributed by atoms with Gasteiger partial charge in [0.25, 0.3) is 17.5 Å². The molecule has 2 aliphatic carbocycles. The maximum Gasteiger partial charge on any atom is 0.417 e. The van der Waals surface area contributed by atoms with E-state index in [0.29, 0.717) is 22.8 Å². The lowest BCUT2D eigenvalue weighted by molar-refractivity contribution is -0.384. The van der Waals surface area contributed by atoms with E-state index in [1.54, 1.807) is 18.2 Å². The molecule has 19 heteroatoms. The van der Waals surface area contributed by atoms with Gasteiger partial charge in [-0.2, -0.15) is 18.2 Å². The molecule has 0 radical (unpaired) electrons. The Balaban J connectivity index is 1.35. The number of hydrogen-bond donors (Lipinski definition) is 2. The number of imide groups is 2. The average Bonchev–Trinajstić information content (AvgIpc) is 3.58. The number of alkyl halides is 3. The zero-order chi connectivity index (χ0) is 42.3. The maximum atomic E-state index is 15.5. The van der Waals surface area contributed by atoms with E-state index in [0.717, 1.165) is 11.0 Å². The molecule has 2 N–H and O–H groups in total. The fourth-order valence-electron chi connectivity index (χ4n) is 9.31. The number of nitrogens with one attached hydrogen (secondary N) is 1. The predicted octanol–water partition coefficient (Wildman–Crippen LogP) is 7.23. The molecule has 3 fully saturated rings. The van der Waals surface area contributed by atoms with Crippen LogP contribution in [0.5, 0.6) is 17.2 Å². The lowest BCUT2D eigenvalue weighted by Crippen LogP contribution is -2.53. The molecule has 6 unspecified atom stereocenters. The van der Waals surface area contributed by atoms with Gasteiger partial charge in [-0.3, -0.25) is 34.7 Å². The van der Waals surface area contributed by atoms with Crippen molar-refractivity contribution in [1.29, 1.82) is 0 Å². The van der Waals surface area contributed by atoms with E-state index < -0.39 is 86.1 Å². The van der Waals surface area contributed by atoms with Gasteiger partial charge in [0.05, 0.1) is 58.6 Å². The summed E-state index contributed by atoms with van der Waals surface area (Å²) < 4.78 is 52.2. The summed E-state index contributed by atoms with van der Waals surface area (Å²) in [5.41, 5.74) is 0.0138. The maximum absolute atomic E-state index is 15.5. The van der Waals surface area contributed by atoms with Gasteiger partial charge in [0, 0.05) is 47.0 Å². The first kappa shape index (κ1) is 39.6. The molecule has 2 saturated heterocycles. The predicted molar refractivity (Wildman–Crippen MR) is 204 cm³/mol. The zero-order valence-electron chi connectivity index (χ0n) is 30.7. The zero-order valence-corrected chi connectivity index (χ0v) is 32.2. The number of pyridine rings is 1. The SMILES string of the molecule is COc1cc(O)cc(OC)c1C1C2=CCC3C(=O)N(c4cccc([N+](=O)[O-])c4)C(=O)C3C2CC2C(=O)N(Nc3ncc(C(F)(F)F)cc3Cl)C(=O)C21c1ccc(Cl)cc1. The van der Waals surface area contributed by atoms with Gasteiger partial charge in [-0.1, -0.05) is 53.1 Å². The van der Waals surface area contributed by atoms with Crippen LogP contribution >= 0.6 is 23.2 Å². The molecule has 4 aliphatic rings. The summed E-state index contributed by atoms with van der Waals surface area (Å²) in [6.45, 7) is 0. The number of nitrogens with zero attached hydrogens (tertiary/aromatic N) is 4. The smallest absolute Gasteiger partial charge is 0.417 e. The monoisotopic (exact) mass is 851 g/mol. The fraction of sp³-hybridized carbons (Fsp3) is 0.275. The number of amides is 4. The number of allylic oxidation sites excluding steroid dienone is 2. The number of aromatic nitrogens is 1. The minimum absolute atomic E-state index is 0.0116. The van der Waals surface area contributed by atoms with Crippen molar-refractivity contribution in [1.82, 2.24) is 9.99 Å². The molecule has 0 bridgehead atoms. The largest absolute Gasteiger partial charge is 0.508 e. The first-order valence-electron chi connectivity index (χ1n) is 17.9. The number of carbonyl (C=O) groups is 4. The molecule has 4 amide bonds. The Morgan fingerprint density at radius 1 is 0.949 bits per heavy atom. The third-order valence-corrected chi connectivity index (χ3v) is 12.2. The Labute approximate surface area is 342 Å². The third-order valence-electron chi connectivity index (χ3n) is 11.7. The van der Waals surface area contributed by atoms with Crippen LogP contribution in [0.15, 0.2) is 84.6 Å². The number of phenolic OH excluding ortho intramolecular Hbond substituents is 1. The van der Waals surface area contributed by atoms with Crippen LogP contribution in [0.3, 0.4) is 0 Å². The Bertz CT molecular complexity index is 2490. The van der Waals surface area contributed by atoms with Crippen LogP contribution in [-0.4, -0.2) is 57.9 Å². The molecular formula is C40H30Cl2F3N5O9. The summed E-state index contributed by atoms with van der Waals surface area (Å²) in [4.78, 5) is 74.9. The van der Waals surface area contributed by atoms with Crippen LogP contribution in [0.1, 0.15) is 35.4 Å². The van der Waals surface area contributed by atoms with E-state index in [2.05, 4.69) is 10.4 Å². The van der Waals surface area contributed by atoms with Gasteiger partial charge in [0.1, 0.15) is 17.2 Å². The summed E-state index contributed by atoms with van der Waals surface area (Å²) in [7, 11) is 2.64. The summed E-state index contributed by atoms with van der Waals surface area (Å²) in [5.74, 6) is -9.27. The van der Waals surface area contributed by atoms with Crippen molar-refractivity contribution in [3.63, 3.8) is 0 Å². The second-order valence-corrected chi connectivity index (χ2v) is 15.3. The Morgan fingerprint density at radius 2 is 1.63 bits per heavy atom. The number of nitro benzene ring substituents is 1. The van der Waals surface area contributed by atoms with Crippen LogP contribution in [0, 0.1) is 33.8 Å². The highest BCUT2D eigenvalue weighted by molar-refractivity contribution is 6.33. The quantitative estimate of drug-likeness (QED) is 0.0790. The molecule has 8 rings (SSSR count). The number of hydrogen-bond acceptors (Lipinski definition) is 11. The first-order chi connectivity index (χ1) is 28.0. The van der Waals surface area contributed by atoms with Crippen LogP contribution in [0.2, 0.25) is 10.0 Å². The second-order valence-electron chi connectivity index (χ2n) is 14.5. The van der Waals surface area contributed by atoms with E-state index in [4.69, 9.17) is 32.7 Å². The van der Waals surface area contributed by atoms with E-state index in [1.165, 1.54) is 56.7 Å². The van der Waals surface area contributed by atoms with E-state index in [-0.39, 0.29) is 57.6 Å². The van der Waals surface area contributed by atoms with E-state index in [1.807, 2.05) is 0 Å². The lowest BCUT2D eigenvalue weighted by Gasteiger charge is -2.51. The summed E-state index contributed by atoms with van der Waals surface area (Å²) in [6, 6.07) is 14.4. The van der Waals surface area contributed by atoms with Crippen LogP contribution in [-0.2, 0) is 30.8 Å². The standard InChI is InChI=1S/C40H30Cl2F3N5O9/c1-58-29-14-23(51)15-30(59-2)32(29)33-24-10-11-25-31(37(54)48(35(25)52)21-4-3-5-22(13-21)50(56)57)26(24)16-27-36(53)49(38(55)39(27,33)18-6-8-20(41)9-7-18)47-34-28(42)12-19(17-46-34)40(43,44)45/h3-10,12-15,17,25-27,31,33,51H,11,16H2,1-2H3,(H,46,47). The Hall–Kier alpha value is -6.20. The minimum Gasteiger partial charge on any atom is -0.508 e. The lowest BCUT2D eigenvalue weighted by atomic mass is 9.49. The van der Waals surface area contributed by atoms with Crippen molar-refractivity contribution in [2.75, 3.05) is 24.5 Å². The first-order valence-corrected chi connectivity index (χ1v) is 18.7. The number of anilines is 2. The number of benzene rings is 3. The van der Waals surface area contributed by atoms with Crippen molar-refractivity contribution < 1.29 is 51.9 Å². The van der Waals surface area contributed by atoms with Gasteiger partial charge in [0.2, 0.25) is 11.8 Å². The van der Waals surface area contributed by atoms with Crippen LogP contribution < -0.4 is 19.8 Å². The molecule has 2 aliphatic heterocycles. The van der Waals surface area contributed by atoms with Crippen molar-refractivity contribution in [2.24, 2.45) is 23.7 Å². The van der Waals surface area contributed by atoms with Crippen molar-refractivity contribution >= 4 is 64.0 Å². The normalized spacial score (nSPS) is 25.0. The van der Waals surface area contributed by atoms with Gasteiger partial charge in [0.15, 0.2) is 5.82 Å². The molecule has 304 valence electrons. The number of carbonyl (C=O) groups excluding carboxylic acids is 4. The molecule has 59 heavy (non-hydrogen) atoms. The summed E-state index contributed by atoms with van der Waals surface area (Å²) >= 11 is 12.6. The number of methoxy groups -OCH3 is 2. The molecule has 1 aromatic heterocycles. The number of fused-ring (bicyclic) bond motifs is 4. The van der Waals surface area contributed by atoms with Crippen molar-refractivity contribution in [3.8, 4) is 17.2 Å². The van der Waals surface area contributed by atoms with E-state index in [9.17, 15) is 42.8 Å². The van der Waals surface area contributed by atoms with Crippen LogP contribution in [0.25, 0.3) is 0 Å². The second kappa shape index (κ2) is 14.3. The number of aromatic hydroxyl groups is 1. The summed E-state index contributed by atoms with van der Waals surface area (Å²) in [5, 5.41) is 22.8. The number of ether oxygens (including phenoxy) is 2. The number of rotatable bonds is 8. The average molecular weight is 853 g/mol. The van der Waals surface area contributed by atoms with Gasteiger partial charge in [-0.25, -0.2) is 9.88 Å². The van der Waals surface area contributed by atoms with Crippen molar-refractivity contribution in [3.05, 3.63) is 121 Å². The fourth-order valence-corrected chi connectivity index (χ4v) is 9.64. The molecule has 4 aromatic rings. The molecule has 14 nitrogen and oxygen atoms in total. The third kappa shape index (κ3) is 6.04. The molecule has 0 spiro atoms. The molecule has 3 heterocycles. The van der Waals surface area contributed by atoms with Gasteiger partial charge >= 0.3 is 6.18 Å².